The Morgan fingerprint density at radius 2 is 1.48 bits per heavy atom. The van der Waals surface area contributed by atoms with E-state index in [9.17, 15) is 4.79 Å². The second-order valence-electron chi connectivity index (χ2n) is 6.56. The summed E-state index contributed by atoms with van der Waals surface area (Å²) in [6, 6.07) is 26.6. The first-order chi connectivity index (χ1) is 12.3. The average molecular weight is 327 g/mol. The van der Waals surface area contributed by atoms with Crippen molar-refractivity contribution in [1.82, 2.24) is 5.32 Å². The van der Waals surface area contributed by atoms with Gasteiger partial charge in [0, 0.05) is 5.56 Å². The van der Waals surface area contributed by atoms with Gasteiger partial charge in [-0.15, -0.1) is 0 Å². The first-order valence-electron chi connectivity index (χ1n) is 8.85. The van der Waals surface area contributed by atoms with Crippen LogP contribution in [0.4, 0.5) is 0 Å². The molecule has 3 aromatic carbocycles. The Morgan fingerprint density at radius 1 is 0.800 bits per heavy atom. The van der Waals surface area contributed by atoms with E-state index in [1.807, 2.05) is 42.5 Å². The molecule has 25 heavy (non-hydrogen) atoms. The van der Waals surface area contributed by atoms with Crippen molar-refractivity contribution < 1.29 is 4.79 Å². The largest absolute Gasteiger partial charge is 0.345 e. The van der Waals surface area contributed by atoms with Crippen LogP contribution in [-0.2, 0) is 6.42 Å². The van der Waals surface area contributed by atoms with E-state index in [2.05, 4.69) is 41.7 Å². The van der Waals surface area contributed by atoms with E-state index in [-0.39, 0.29) is 11.9 Å². The van der Waals surface area contributed by atoms with Gasteiger partial charge in [0.2, 0.25) is 0 Å². The minimum absolute atomic E-state index is 0.00122. The van der Waals surface area contributed by atoms with Gasteiger partial charge in [-0.2, -0.15) is 0 Å². The molecule has 0 aromatic heterocycles. The maximum atomic E-state index is 12.7. The summed E-state index contributed by atoms with van der Waals surface area (Å²) < 4.78 is 0. The van der Waals surface area contributed by atoms with Gasteiger partial charge >= 0.3 is 0 Å². The van der Waals surface area contributed by atoms with Crippen LogP contribution in [0.5, 0.6) is 0 Å². The second-order valence-corrected chi connectivity index (χ2v) is 6.56. The van der Waals surface area contributed by atoms with Crippen molar-refractivity contribution in [3.63, 3.8) is 0 Å². The fourth-order valence-electron chi connectivity index (χ4n) is 3.59. The third-order valence-corrected chi connectivity index (χ3v) is 4.93. The van der Waals surface area contributed by atoms with Crippen molar-refractivity contribution in [2.24, 2.45) is 0 Å². The standard InChI is InChI=1S/C23H21NO/c25-23(24-22-12-6-10-19-9-4-5-11-21(19)22)20-15-13-18(14-16-20)17-7-2-1-3-8-17/h1-5,7-9,11,13-16,22H,6,10,12H2,(H,24,25). The fraction of sp³-hybridized carbons (Fsp3) is 0.174. The molecule has 0 bridgehead atoms. The van der Waals surface area contributed by atoms with Crippen molar-refractivity contribution in [3.8, 4) is 11.1 Å². The highest BCUT2D eigenvalue weighted by molar-refractivity contribution is 5.95. The fourth-order valence-corrected chi connectivity index (χ4v) is 3.59. The number of benzene rings is 3. The van der Waals surface area contributed by atoms with Gasteiger partial charge in [0.1, 0.15) is 0 Å². The van der Waals surface area contributed by atoms with Crippen LogP contribution in [0.15, 0.2) is 78.9 Å². The van der Waals surface area contributed by atoms with Gasteiger partial charge in [-0.25, -0.2) is 0 Å². The van der Waals surface area contributed by atoms with Crippen LogP contribution in [0.2, 0.25) is 0 Å². The van der Waals surface area contributed by atoms with Crippen molar-refractivity contribution >= 4 is 5.91 Å². The maximum absolute atomic E-state index is 12.7. The average Bonchev–Trinajstić information content (AvgIpc) is 2.69. The Bertz CT molecular complexity index is 868. The van der Waals surface area contributed by atoms with E-state index in [4.69, 9.17) is 0 Å². The van der Waals surface area contributed by atoms with E-state index >= 15 is 0 Å². The number of fused-ring (bicyclic) bond motifs is 1. The quantitative estimate of drug-likeness (QED) is 0.707. The molecule has 0 radical (unpaired) electrons. The van der Waals surface area contributed by atoms with E-state index in [0.29, 0.717) is 5.56 Å². The predicted molar refractivity (Wildman–Crippen MR) is 101 cm³/mol. The monoisotopic (exact) mass is 327 g/mol. The molecular formula is C23H21NO. The molecule has 0 spiro atoms. The molecule has 1 aliphatic rings. The zero-order valence-corrected chi connectivity index (χ0v) is 14.1. The lowest BCUT2D eigenvalue weighted by molar-refractivity contribution is 0.0933. The predicted octanol–water partition coefficient (Wildman–Crippen LogP) is 5.16. The van der Waals surface area contributed by atoms with Crippen LogP contribution in [0, 0.1) is 0 Å². The molecule has 2 heteroatoms. The second kappa shape index (κ2) is 6.94. The Labute approximate surface area is 148 Å². The van der Waals surface area contributed by atoms with Crippen LogP contribution >= 0.6 is 0 Å². The molecule has 3 aromatic rings. The Balaban J connectivity index is 1.51. The molecule has 1 aliphatic carbocycles. The third kappa shape index (κ3) is 3.34. The van der Waals surface area contributed by atoms with E-state index < -0.39 is 0 Å². The summed E-state index contributed by atoms with van der Waals surface area (Å²) in [5.74, 6) is 0.00122. The maximum Gasteiger partial charge on any atom is 0.251 e. The van der Waals surface area contributed by atoms with Gasteiger partial charge in [0.05, 0.1) is 6.04 Å². The normalized spacial score (nSPS) is 16.1. The highest BCUT2D eigenvalue weighted by atomic mass is 16.1. The van der Waals surface area contributed by atoms with Gasteiger partial charge in [0.15, 0.2) is 0 Å². The number of nitrogens with one attached hydrogen (secondary N) is 1. The highest BCUT2D eigenvalue weighted by Gasteiger charge is 2.21. The molecule has 0 fully saturated rings. The van der Waals surface area contributed by atoms with Gasteiger partial charge in [0.25, 0.3) is 5.91 Å². The molecule has 4 rings (SSSR count). The van der Waals surface area contributed by atoms with Crippen molar-refractivity contribution in [3.05, 3.63) is 95.6 Å². The van der Waals surface area contributed by atoms with Crippen LogP contribution < -0.4 is 5.32 Å². The number of amides is 1. The number of aryl methyl sites for hydroxylation is 1. The number of carbonyl (C=O) groups excluding carboxylic acids is 1. The molecule has 1 amide bonds. The van der Waals surface area contributed by atoms with Crippen LogP contribution in [0.3, 0.4) is 0 Å². The minimum Gasteiger partial charge on any atom is -0.345 e. The first kappa shape index (κ1) is 15.6. The summed E-state index contributed by atoms with van der Waals surface area (Å²) in [4.78, 5) is 12.7. The topological polar surface area (TPSA) is 29.1 Å². The van der Waals surface area contributed by atoms with Crippen LogP contribution in [0.1, 0.15) is 40.4 Å². The molecule has 1 atom stereocenters. The van der Waals surface area contributed by atoms with Gasteiger partial charge in [-0.3, -0.25) is 4.79 Å². The molecule has 0 saturated carbocycles. The van der Waals surface area contributed by atoms with Gasteiger partial charge in [-0.05, 0) is 53.6 Å². The molecule has 1 N–H and O–H groups in total. The van der Waals surface area contributed by atoms with Crippen molar-refractivity contribution in [2.45, 2.75) is 25.3 Å². The zero-order valence-electron chi connectivity index (χ0n) is 14.1. The lowest BCUT2D eigenvalue weighted by Gasteiger charge is -2.26. The van der Waals surface area contributed by atoms with Crippen molar-refractivity contribution in [1.29, 1.82) is 0 Å². The van der Waals surface area contributed by atoms with Gasteiger partial charge in [-0.1, -0.05) is 66.7 Å². The zero-order chi connectivity index (χ0) is 17.1. The summed E-state index contributed by atoms with van der Waals surface area (Å²) in [5, 5.41) is 3.21. The molecular weight excluding hydrogens is 306 g/mol. The van der Waals surface area contributed by atoms with Crippen molar-refractivity contribution in [2.75, 3.05) is 0 Å². The molecule has 0 heterocycles. The van der Waals surface area contributed by atoms with E-state index in [1.54, 1.807) is 0 Å². The number of hydrogen-bond donors (Lipinski definition) is 1. The summed E-state index contributed by atoms with van der Waals surface area (Å²) >= 11 is 0. The van der Waals surface area contributed by atoms with Crippen LogP contribution in [0.25, 0.3) is 11.1 Å². The first-order valence-corrected chi connectivity index (χ1v) is 8.85. The lowest BCUT2D eigenvalue weighted by atomic mass is 9.87. The van der Waals surface area contributed by atoms with Gasteiger partial charge < -0.3 is 5.32 Å². The Hall–Kier alpha value is -2.87. The smallest absolute Gasteiger partial charge is 0.251 e. The SMILES string of the molecule is O=C(NC1CCCc2ccccc21)c1ccc(-c2ccccc2)cc1. The number of hydrogen-bond acceptors (Lipinski definition) is 1. The summed E-state index contributed by atoms with van der Waals surface area (Å²) in [7, 11) is 0. The Kier molecular flexibility index (Phi) is 4.34. The Morgan fingerprint density at radius 3 is 2.28 bits per heavy atom. The molecule has 0 saturated heterocycles. The lowest BCUT2D eigenvalue weighted by Crippen LogP contribution is -2.30. The third-order valence-electron chi connectivity index (χ3n) is 4.93. The molecule has 1 unspecified atom stereocenters. The van der Waals surface area contributed by atoms with Crippen LogP contribution in [-0.4, -0.2) is 5.91 Å². The summed E-state index contributed by atoms with van der Waals surface area (Å²) in [6.45, 7) is 0. The minimum atomic E-state index is 0.00122. The molecule has 124 valence electrons. The highest BCUT2D eigenvalue weighted by Crippen LogP contribution is 2.29. The van der Waals surface area contributed by atoms with E-state index in [1.165, 1.54) is 11.1 Å². The van der Waals surface area contributed by atoms with E-state index in [0.717, 1.165) is 30.4 Å². The summed E-state index contributed by atoms with van der Waals surface area (Å²) in [5.41, 5.74) is 5.63. The number of rotatable bonds is 3. The number of carbonyl (C=O) groups is 1. The summed E-state index contributed by atoms with van der Waals surface area (Å²) in [6.07, 6.45) is 3.23. The molecule has 2 nitrogen and oxygen atoms in total. The molecule has 0 aliphatic heterocycles.